The quantitative estimate of drug-likeness (QED) is 0.578. The number of rotatable bonds is 1. The summed E-state index contributed by atoms with van der Waals surface area (Å²) < 4.78 is 4.93. The second-order valence-corrected chi connectivity index (χ2v) is 5.45. The summed E-state index contributed by atoms with van der Waals surface area (Å²) in [5.74, 6) is -1.12. The van der Waals surface area contributed by atoms with Crippen LogP contribution in [0.4, 0.5) is 0 Å². The fourth-order valence-electron chi connectivity index (χ4n) is 1.70. The topological polar surface area (TPSA) is 43.4 Å². The Labute approximate surface area is 112 Å². The fourth-order valence-corrected chi connectivity index (χ4v) is 1.70. The van der Waals surface area contributed by atoms with Crippen LogP contribution in [0.2, 0.25) is 0 Å². The zero-order valence-electron chi connectivity index (χ0n) is 11.3. The van der Waals surface area contributed by atoms with Crippen molar-refractivity contribution >= 4 is 22.7 Å². The molecule has 0 unspecified atom stereocenters. The van der Waals surface area contributed by atoms with Crippen molar-refractivity contribution in [3.63, 3.8) is 0 Å². The van der Waals surface area contributed by atoms with Gasteiger partial charge in [0.05, 0.1) is 11.0 Å². The minimum atomic E-state index is -0.694. The number of benzene rings is 2. The lowest BCUT2D eigenvalue weighted by Gasteiger charge is -2.15. The van der Waals surface area contributed by atoms with Gasteiger partial charge >= 0.3 is 11.9 Å². The average molecular weight is 256 g/mol. The highest BCUT2D eigenvalue weighted by molar-refractivity contribution is 6.07. The normalized spacial score (nSPS) is 11.3. The highest BCUT2D eigenvalue weighted by atomic mass is 16.6. The van der Waals surface area contributed by atoms with E-state index in [-0.39, 0.29) is 0 Å². The van der Waals surface area contributed by atoms with Crippen LogP contribution in [0.15, 0.2) is 42.5 Å². The maximum Gasteiger partial charge on any atom is 0.346 e. The van der Waals surface area contributed by atoms with E-state index in [1.165, 1.54) is 0 Å². The van der Waals surface area contributed by atoms with Crippen LogP contribution in [-0.4, -0.2) is 11.9 Å². The number of carbonyl (C=O) groups excluding carboxylic acids is 2. The smallest absolute Gasteiger partial charge is 0.346 e. The molecule has 3 nitrogen and oxygen atoms in total. The fraction of sp³-hybridized carbons (Fsp3) is 0.250. The van der Waals surface area contributed by atoms with Gasteiger partial charge in [0.15, 0.2) is 0 Å². The third-order valence-corrected chi connectivity index (χ3v) is 2.81. The Morgan fingerprint density at radius 2 is 1.58 bits per heavy atom. The Kier molecular flexibility index (Phi) is 3.38. The summed E-state index contributed by atoms with van der Waals surface area (Å²) in [5.41, 5.74) is -0.282. The van der Waals surface area contributed by atoms with Crippen LogP contribution in [0, 0.1) is 5.41 Å². The van der Waals surface area contributed by atoms with Gasteiger partial charge in [-0.25, -0.2) is 4.79 Å². The molecular formula is C16H16O3. The largest absolute Gasteiger partial charge is 0.389 e. The summed E-state index contributed by atoms with van der Waals surface area (Å²) >= 11 is 0. The van der Waals surface area contributed by atoms with Gasteiger partial charge in [0.2, 0.25) is 0 Å². The maximum atomic E-state index is 12.1. The van der Waals surface area contributed by atoms with Gasteiger partial charge in [-0.3, -0.25) is 4.79 Å². The number of hydrogen-bond acceptors (Lipinski definition) is 3. The van der Waals surface area contributed by atoms with Gasteiger partial charge in [0.1, 0.15) is 0 Å². The molecule has 0 amide bonds. The Hall–Kier alpha value is -2.16. The van der Waals surface area contributed by atoms with Crippen molar-refractivity contribution in [2.75, 3.05) is 0 Å². The molecule has 0 fully saturated rings. The molecule has 0 spiro atoms. The molecule has 0 radical (unpaired) electrons. The maximum absolute atomic E-state index is 12.1. The lowest BCUT2D eigenvalue weighted by molar-refractivity contribution is -0.146. The first kappa shape index (κ1) is 13.3. The van der Waals surface area contributed by atoms with E-state index in [4.69, 9.17) is 4.74 Å². The van der Waals surface area contributed by atoms with Crippen molar-refractivity contribution < 1.29 is 14.3 Å². The van der Waals surface area contributed by atoms with E-state index in [0.717, 1.165) is 10.8 Å². The summed E-state index contributed by atoms with van der Waals surface area (Å²) in [5, 5.41) is 1.73. The first-order valence-electron chi connectivity index (χ1n) is 6.14. The molecule has 0 aromatic heterocycles. The van der Waals surface area contributed by atoms with E-state index in [1.54, 1.807) is 32.9 Å². The summed E-state index contributed by atoms with van der Waals surface area (Å²) in [6, 6.07) is 12.9. The summed E-state index contributed by atoms with van der Waals surface area (Å²) in [6.45, 7) is 5.14. The second kappa shape index (κ2) is 4.84. The molecule has 2 rings (SSSR count). The standard InChI is InChI=1S/C16H16O3/c1-16(2,3)15(18)19-14(17)13-10-6-8-11-7-4-5-9-12(11)13/h4-10H,1-3H3. The van der Waals surface area contributed by atoms with Crippen LogP contribution in [0.25, 0.3) is 10.8 Å². The van der Waals surface area contributed by atoms with Crippen LogP contribution in [0.3, 0.4) is 0 Å². The predicted molar refractivity (Wildman–Crippen MR) is 73.8 cm³/mol. The van der Waals surface area contributed by atoms with Crippen molar-refractivity contribution in [2.45, 2.75) is 20.8 Å². The molecule has 2 aromatic rings. The van der Waals surface area contributed by atoms with E-state index in [2.05, 4.69) is 0 Å². The Morgan fingerprint density at radius 1 is 0.947 bits per heavy atom. The molecular weight excluding hydrogens is 240 g/mol. The van der Waals surface area contributed by atoms with Crippen LogP contribution >= 0.6 is 0 Å². The molecule has 0 saturated heterocycles. The molecule has 0 saturated carbocycles. The molecule has 0 bridgehead atoms. The Morgan fingerprint density at radius 3 is 2.26 bits per heavy atom. The van der Waals surface area contributed by atoms with Gasteiger partial charge in [-0.1, -0.05) is 36.4 Å². The number of ether oxygens (including phenoxy) is 1. The van der Waals surface area contributed by atoms with E-state index < -0.39 is 17.4 Å². The van der Waals surface area contributed by atoms with Crippen molar-refractivity contribution in [3.8, 4) is 0 Å². The van der Waals surface area contributed by atoms with Gasteiger partial charge in [-0.15, -0.1) is 0 Å². The highest BCUT2D eigenvalue weighted by Crippen LogP contribution is 2.21. The summed E-state index contributed by atoms with van der Waals surface area (Å²) in [7, 11) is 0. The van der Waals surface area contributed by atoms with Crippen molar-refractivity contribution in [3.05, 3.63) is 48.0 Å². The molecule has 0 atom stereocenters. The Bertz CT molecular complexity index is 630. The van der Waals surface area contributed by atoms with Gasteiger partial charge in [-0.05, 0) is 37.6 Å². The summed E-state index contributed by atoms with van der Waals surface area (Å²) in [4.78, 5) is 23.8. The second-order valence-electron chi connectivity index (χ2n) is 5.45. The van der Waals surface area contributed by atoms with E-state index >= 15 is 0 Å². The number of carbonyl (C=O) groups is 2. The lowest BCUT2D eigenvalue weighted by Crippen LogP contribution is -2.25. The lowest BCUT2D eigenvalue weighted by atomic mass is 9.97. The molecule has 0 heterocycles. The molecule has 0 N–H and O–H groups in total. The van der Waals surface area contributed by atoms with Crippen LogP contribution < -0.4 is 0 Å². The van der Waals surface area contributed by atoms with Gasteiger partial charge in [-0.2, -0.15) is 0 Å². The van der Waals surface area contributed by atoms with Crippen molar-refractivity contribution in [1.82, 2.24) is 0 Å². The average Bonchev–Trinajstić information content (AvgIpc) is 2.36. The predicted octanol–water partition coefficient (Wildman–Crippen LogP) is 3.57. The van der Waals surface area contributed by atoms with Gasteiger partial charge < -0.3 is 4.74 Å². The minimum Gasteiger partial charge on any atom is -0.389 e. The first-order valence-corrected chi connectivity index (χ1v) is 6.14. The van der Waals surface area contributed by atoms with Gasteiger partial charge in [0.25, 0.3) is 0 Å². The minimum absolute atomic E-state index is 0.413. The van der Waals surface area contributed by atoms with Gasteiger partial charge in [0, 0.05) is 0 Å². The van der Waals surface area contributed by atoms with Crippen LogP contribution in [0.5, 0.6) is 0 Å². The van der Waals surface area contributed by atoms with Crippen molar-refractivity contribution in [2.24, 2.45) is 5.41 Å². The zero-order chi connectivity index (χ0) is 14.0. The molecule has 0 aliphatic rings. The number of esters is 2. The molecule has 0 aliphatic carbocycles. The Balaban J connectivity index is 2.35. The van der Waals surface area contributed by atoms with E-state index in [0.29, 0.717) is 5.56 Å². The van der Waals surface area contributed by atoms with Crippen LogP contribution in [-0.2, 0) is 9.53 Å². The zero-order valence-corrected chi connectivity index (χ0v) is 11.3. The highest BCUT2D eigenvalue weighted by Gasteiger charge is 2.26. The molecule has 19 heavy (non-hydrogen) atoms. The van der Waals surface area contributed by atoms with E-state index in [1.807, 2.05) is 30.3 Å². The number of hydrogen-bond donors (Lipinski definition) is 0. The van der Waals surface area contributed by atoms with E-state index in [9.17, 15) is 9.59 Å². The molecule has 0 aliphatic heterocycles. The number of fused-ring (bicyclic) bond motifs is 1. The van der Waals surface area contributed by atoms with Crippen LogP contribution in [0.1, 0.15) is 31.1 Å². The first-order chi connectivity index (χ1) is 8.89. The third kappa shape index (κ3) is 2.81. The molecule has 2 aromatic carbocycles. The molecule has 3 heteroatoms. The SMILES string of the molecule is CC(C)(C)C(=O)OC(=O)c1cccc2ccccc12. The monoisotopic (exact) mass is 256 g/mol. The third-order valence-electron chi connectivity index (χ3n) is 2.81. The van der Waals surface area contributed by atoms with Crippen molar-refractivity contribution in [1.29, 1.82) is 0 Å². The molecule has 98 valence electrons. The summed E-state index contributed by atoms with van der Waals surface area (Å²) in [6.07, 6.45) is 0.